The van der Waals surface area contributed by atoms with E-state index in [9.17, 15) is 8.42 Å². The van der Waals surface area contributed by atoms with Crippen LogP contribution in [0.1, 0.15) is 49.3 Å². The van der Waals surface area contributed by atoms with Crippen molar-refractivity contribution in [3.63, 3.8) is 0 Å². The van der Waals surface area contributed by atoms with Gasteiger partial charge in [0.05, 0.1) is 37.1 Å². The number of ether oxygens (including phenoxy) is 2. The standard InChI is InChI=1S/C33H40O4S/c1-28(22-23-36-25-30-12-5-3-6-13-30)11-9-16-32(27-37-26-31-14-7-4-8-15-31)17-10-24-38(34,35)33-20-18-29(2)19-21-33/h3-8,12-16,18-22H,9-11,17,23-27H2,1-2H3/b28-22+,32-16-. The van der Waals surface area contributed by atoms with Crippen LogP contribution in [0.25, 0.3) is 0 Å². The SMILES string of the molecule is C/C(=C\COCc1ccccc1)CC/C=C(/CCCS(=O)(=O)c1ccc(C)cc1)COCc1ccccc1. The van der Waals surface area contributed by atoms with E-state index in [1.807, 2.05) is 67.6 Å². The number of sulfone groups is 1. The third kappa shape index (κ3) is 11.2. The van der Waals surface area contributed by atoms with Crippen LogP contribution in [-0.4, -0.2) is 27.4 Å². The van der Waals surface area contributed by atoms with Crippen molar-refractivity contribution in [2.24, 2.45) is 0 Å². The fraction of sp³-hybridized carbons (Fsp3) is 0.333. The molecule has 0 heterocycles. The molecule has 202 valence electrons. The highest BCUT2D eigenvalue weighted by Crippen LogP contribution is 2.17. The highest BCUT2D eigenvalue weighted by atomic mass is 32.2. The lowest BCUT2D eigenvalue weighted by molar-refractivity contribution is 0.140. The van der Waals surface area contributed by atoms with E-state index in [0.717, 1.165) is 29.5 Å². The average molecular weight is 533 g/mol. The van der Waals surface area contributed by atoms with Crippen LogP contribution in [-0.2, 0) is 32.5 Å². The van der Waals surface area contributed by atoms with Crippen LogP contribution >= 0.6 is 0 Å². The molecule has 3 rings (SSSR count). The Hall–Kier alpha value is -2.99. The first-order valence-electron chi connectivity index (χ1n) is 13.3. The van der Waals surface area contributed by atoms with Crippen molar-refractivity contribution in [1.29, 1.82) is 0 Å². The Bertz CT molecular complexity index is 1250. The minimum absolute atomic E-state index is 0.129. The smallest absolute Gasteiger partial charge is 0.178 e. The molecular formula is C33H40O4S. The first kappa shape index (κ1) is 29.6. The lowest BCUT2D eigenvalue weighted by atomic mass is 10.1. The van der Waals surface area contributed by atoms with E-state index >= 15 is 0 Å². The van der Waals surface area contributed by atoms with Gasteiger partial charge < -0.3 is 9.47 Å². The topological polar surface area (TPSA) is 52.6 Å². The largest absolute Gasteiger partial charge is 0.373 e. The van der Waals surface area contributed by atoms with Crippen molar-refractivity contribution >= 4 is 9.84 Å². The Morgan fingerprint density at radius 1 is 0.763 bits per heavy atom. The number of hydrogen-bond donors (Lipinski definition) is 0. The second kappa shape index (κ2) is 16.1. The molecule has 0 unspecified atom stereocenters. The Labute approximate surface area is 228 Å². The van der Waals surface area contributed by atoms with E-state index in [2.05, 4.69) is 31.2 Å². The zero-order chi connectivity index (χ0) is 27.1. The zero-order valence-corrected chi connectivity index (χ0v) is 23.5. The fourth-order valence-corrected chi connectivity index (χ4v) is 5.33. The number of rotatable bonds is 16. The van der Waals surface area contributed by atoms with E-state index in [1.165, 1.54) is 11.1 Å². The van der Waals surface area contributed by atoms with Gasteiger partial charge >= 0.3 is 0 Å². The molecule has 0 spiro atoms. The monoisotopic (exact) mass is 532 g/mol. The molecule has 3 aromatic rings. The first-order valence-corrected chi connectivity index (χ1v) is 14.9. The van der Waals surface area contributed by atoms with E-state index in [4.69, 9.17) is 9.47 Å². The third-order valence-electron chi connectivity index (χ3n) is 6.32. The van der Waals surface area contributed by atoms with Crippen LogP contribution in [0.3, 0.4) is 0 Å². The number of benzene rings is 3. The summed E-state index contributed by atoms with van der Waals surface area (Å²) >= 11 is 0. The minimum Gasteiger partial charge on any atom is -0.373 e. The van der Waals surface area contributed by atoms with Crippen molar-refractivity contribution in [3.05, 3.63) is 125 Å². The Morgan fingerprint density at radius 3 is 2.00 bits per heavy atom. The van der Waals surface area contributed by atoms with E-state index in [1.54, 1.807) is 12.1 Å². The highest BCUT2D eigenvalue weighted by Gasteiger charge is 2.14. The predicted molar refractivity (Wildman–Crippen MR) is 156 cm³/mol. The van der Waals surface area contributed by atoms with Crippen LogP contribution in [0.2, 0.25) is 0 Å². The van der Waals surface area contributed by atoms with Gasteiger partial charge in [-0.15, -0.1) is 0 Å². The molecule has 0 atom stereocenters. The van der Waals surface area contributed by atoms with Gasteiger partial charge in [-0.2, -0.15) is 0 Å². The van der Waals surface area contributed by atoms with Crippen molar-refractivity contribution in [2.45, 2.75) is 57.6 Å². The van der Waals surface area contributed by atoms with Gasteiger partial charge in [-0.05, 0) is 68.4 Å². The minimum atomic E-state index is -3.29. The van der Waals surface area contributed by atoms with Crippen molar-refractivity contribution in [2.75, 3.05) is 19.0 Å². The van der Waals surface area contributed by atoms with Gasteiger partial charge in [-0.1, -0.05) is 96.1 Å². The fourth-order valence-electron chi connectivity index (χ4n) is 4.02. The average Bonchev–Trinajstić information content (AvgIpc) is 2.92. The highest BCUT2D eigenvalue weighted by molar-refractivity contribution is 7.91. The number of aryl methyl sites for hydroxylation is 1. The summed E-state index contributed by atoms with van der Waals surface area (Å²) in [6, 6.07) is 27.4. The molecule has 0 bridgehead atoms. The second-order valence-corrected chi connectivity index (χ2v) is 11.8. The summed E-state index contributed by atoms with van der Waals surface area (Å²) in [6.07, 6.45) is 7.43. The summed E-state index contributed by atoms with van der Waals surface area (Å²) in [5, 5.41) is 0. The Morgan fingerprint density at radius 2 is 1.37 bits per heavy atom. The van der Waals surface area contributed by atoms with Crippen molar-refractivity contribution < 1.29 is 17.9 Å². The molecule has 0 fully saturated rings. The first-order chi connectivity index (χ1) is 18.4. The zero-order valence-electron chi connectivity index (χ0n) is 22.6. The van der Waals surface area contributed by atoms with Gasteiger partial charge in [0.2, 0.25) is 0 Å². The number of hydrogen-bond acceptors (Lipinski definition) is 4. The molecule has 38 heavy (non-hydrogen) atoms. The van der Waals surface area contributed by atoms with Gasteiger partial charge in [0.25, 0.3) is 0 Å². The van der Waals surface area contributed by atoms with Gasteiger partial charge in [0, 0.05) is 0 Å². The van der Waals surface area contributed by atoms with Gasteiger partial charge in [0.15, 0.2) is 9.84 Å². The molecule has 0 saturated heterocycles. The summed E-state index contributed by atoms with van der Waals surface area (Å²) in [6.45, 7) is 6.32. The predicted octanol–water partition coefficient (Wildman–Crippen LogP) is 7.64. The molecule has 4 nitrogen and oxygen atoms in total. The van der Waals surface area contributed by atoms with Gasteiger partial charge in [0.1, 0.15) is 0 Å². The third-order valence-corrected chi connectivity index (χ3v) is 8.14. The van der Waals surface area contributed by atoms with E-state index < -0.39 is 9.84 Å². The maximum absolute atomic E-state index is 12.8. The molecular weight excluding hydrogens is 492 g/mol. The van der Waals surface area contributed by atoms with Gasteiger partial charge in [-0.25, -0.2) is 8.42 Å². The molecule has 0 aliphatic rings. The lowest BCUT2D eigenvalue weighted by Gasteiger charge is -2.11. The summed E-state index contributed by atoms with van der Waals surface area (Å²) in [4.78, 5) is 0.393. The molecule has 0 radical (unpaired) electrons. The molecule has 0 aliphatic heterocycles. The quantitative estimate of drug-likeness (QED) is 0.141. The van der Waals surface area contributed by atoms with Crippen LogP contribution in [0.4, 0.5) is 0 Å². The maximum atomic E-state index is 12.8. The molecule has 0 saturated carbocycles. The molecule has 0 N–H and O–H groups in total. The normalized spacial score (nSPS) is 12.6. The second-order valence-electron chi connectivity index (χ2n) is 9.67. The summed E-state index contributed by atoms with van der Waals surface area (Å²) < 4.78 is 37.3. The van der Waals surface area contributed by atoms with Crippen LogP contribution < -0.4 is 0 Å². The van der Waals surface area contributed by atoms with Crippen LogP contribution in [0, 0.1) is 6.92 Å². The van der Waals surface area contributed by atoms with E-state index in [0.29, 0.717) is 44.2 Å². The van der Waals surface area contributed by atoms with Crippen LogP contribution in [0.15, 0.2) is 113 Å². The summed E-state index contributed by atoms with van der Waals surface area (Å²) in [5.41, 5.74) is 5.78. The summed E-state index contributed by atoms with van der Waals surface area (Å²) in [7, 11) is -3.29. The maximum Gasteiger partial charge on any atom is 0.178 e. The molecule has 0 amide bonds. The van der Waals surface area contributed by atoms with Crippen molar-refractivity contribution in [3.8, 4) is 0 Å². The number of allylic oxidation sites excluding steroid dienone is 2. The summed E-state index contributed by atoms with van der Waals surface area (Å²) in [5.74, 6) is 0.129. The Balaban J connectivity index is 1.49. The van der Waals surface area contributed by atoms with Crippen molar-refractivity contribution in [1.82, 2.24) is 0 Å². The van der Waals surface area contributed by atoms with E-state index in [-0.39, 0.29) is 5.75 Å². The molecule has 0 aliphatic carbocycles. The van der Waals surface area contributed by atoms with Crippen LogP contribution in [0.5, 0.6) is 0 Å². The molecule has 3 aromatic carbocycles. The Kier molecular flexibility index (Phi) is 12.5. The van der Waals surface area contributed by atoms with Gasteiger partial charge in [-0.3, -0.25) is 0 Å². The molecule has 5 heteroatoms. The molecule has 0 aromatic heterocycles. The lowest BCUT2D eigenvalue weighted by Crippen LogP contribution is -2.08.